The smallest absolute Gasteiger partial charge is 1.00 e. The number of aryl methyl sites for hydroxylation is 2. The Morgan fingerprint density at radius 3 is 1.24 bits per heavy atom. The first-order valence-electron chi connectivity index (χ1n) is 22.1. The molecule has 10 rings (SSSR count). The van der Waals surface area contributed by atoms with Crippen molar-refractivity contribution in [3.8, 4) is 22.3 Å². The van der Waals surface area contributed by atoms with Crippen LogP contribution in [0.25, 0.3) is 34.4 Å². The van der Waals surface area contributed by atoms with Crippen LogP contribution in [-0.4, -0.2) is 0 Å². The molecule has 4 aromatic carbocycles. The Labute approximate surface area is 349 Å². The van der Waals surface area contributed by atoms with Gasteiger partial charge in [-0.05, 0) is 0 Å². The van der Waals surface area contributed by atoms with E-state index in [1.807, 2.05) is 11.1 Å². The fraction of sp³-hybridized carbons (Fsp3) is 0.462. The van der Waals surface area contributed by atoms with Crippen molar-refractivity contribution in [2.24, 2.45) is 11.8 Å². The average molecular weight is 934 g/mol. The van der Waals surface area contributed by atoms with E-state index >= 15 is 0 Å². The Bertz CT molecular complexity index is 1890. The zero-order chi connectivity index (χ0) is 35.5. The molecule has 1 saturated heterocycles. The summed E-state index contributed by atoms with van der Waals surface area (Å²) in [5.74, 6) is 1.58. The molecular weight excluding hydrogens is 874 g/mol. The first-order valence-corrected chi connectivity index (χ1v) is 30.4. The van der Waals surface area contributed by atoms with E-state index in [-0.39, 0.29) is 24.8 Å². The molecule has 0 N–H and O–H groups in total. The third-order valence-electron chi connectivity index (χ3n) is 15.4. The molecule has 1 aliphatic heterocycles. The van der Waals surface area contributed by atoms with Gasteiger partial charge in [-0.3, -0.25) is 0 Å². The van der Waals surface area contributed by atoms with Gasteiger partial charge in [0.15, 0.2) is 0 Å². The second-order valence-corrected chi connectivity index (χ2v) is 34.8. The summed E-state index contributed by atoms with van der Waals surface area (Å²) in [6, 6.07) is 34.6. The maximum atomic E-state index is 2.85. The molecule has 3 heteroatoms. The zero-order valence-electron chi connectivity index (χ0n) is 33.3. The van der Waals surface area contributed by atoms with Gasteiger partial charge in [-0.1, -0.05) is 0 Å². The van der Waals surface area contributed by atoms with E-state index in [1.165, 1.54) is 136 Å². The van der Waals surface area contributed by atoms with Gasteiger partial charge in [0.05, 0.1) is 0 Å². The quantitative estimate of drug-likeness (QED) is 0.139. The van der Waals surface area contributed by atoms with Crippen molar-refractivity contribution in [3.63, 3.8) is 0 Å². The molecule has 0 amide bonds. The van der Waals surface area contributed by atoms with Gasteiger partial charge in [-0.15, -0.1) is 0 Å². The number of allylic oxidation sites excluding steroid dienone is 2. The van der Waals surface area contributed by atoms with Gasteiger partial charge in [0, 0.05) is 0 Å². The third-order valence-corrected chi connectivity index (χ3v) is 40.0. The fourth-order valence-corrected chi connectivity index (χ4v) is 48.8. The third kappa shape index (κ3) is 6.67. The largest absolute Gasteiger partial charge is 1.00 e. The van der Waals surface area contributed by atoms with Crippen LogP contribution >= 0.6 is 0 Å². The first-order chi connectivity index (χ1) is 26.2. The van der Waals surface area contributed by atoms with E-state index in [0.29, 0.717) is 0 Å². The molecule has 0 aromatic heterocycles. The van der Waals surface area contributed by atoms with Crippen LogP contribution in [0.5, 0.6) is 0 Å². The van der Waals surface area contributed by atoms with Crippen molar-refractivity contribution in [1.82, 2.24) is 0 Å². The van der Waals surface area contributed by atoms with E-state index in [1.54, 1.807) is 22.3 Å². The zero-order valence-corrected chi connectivity index (χ0v) is 38.4. The van der Waals surface area contributed by atoms with Crippen LogP contribution in [0.1, 0.15) is 144 Å². The van der Waals surface area contributed by atoms with Crippen LogP contribution in [0.3, 0.4) is 0 Å². The van der Waals surface area contributed by atoms with Gasteiger partial charge in [-0.2, -0.15) is 0 Å². The maximum absolute atomic E-state index is 3.32. The number of halogens is 2. The van der Waals surface area contributed by atoms with E-state index in [0.717, 1.165) is 26.5 Å². The van der Waals surface area contributed by atoms with Crippen LogP contribution in [0.4, 0.5) is 0 Å². The average Bonchev–Trinajstić information content (AvgIpc) is 3.87. The molecular formula is C52H60Cl2Hf. The van der Waals surface area contributed by atoms with Crippen molar-refractivity contribution in [2.45, 2.75) is 131 Å². The van der Waals surface area contributed by atoms with E-state index < -0.39 is 20.0 Å². The number of rotatable bonds is 10. The fourth-order valence-electron chi connectivity index (χ4n) is 13.2. The van der Waals surface area contributed by atoms with Crippen molar-refractivity contribution < 1.29 is 44.8 Å². The molecule has 3 saturated carbocycles. The SMILES string of the molecule is CCCc1ccc(-c2cccc3c2C=C(C2CCCC2)[CH]3[Hf+2]2([CH]3C(C4CCCC4)=Cc4c(-c5ccc(CCC)cc5)cccc43)[CH]3CCCC[CH]32)cc1.[Cl-].[Cl-]. The minimum Gasteiger partial charge on any atom is -1.00 e. The number of hydrogen-bond donors (Lipinski definition) is 0. The number of fused-ring (bicyclic) bond motifs is 3. The molecule has 55 heavy (non-hydrogen) atoms. The standard InChI is InChI=1S/2C23H25.C6H10.2ClH.Hf/c2*1-2-6-17-11-13-19(14-12-17)22-10-5-9-20-15-21(16-23(20)22)18-7-3-4-8-18;1-2-4-6-5-3-1;;;/h2*5,9-16,18H,2-4,6-8H2,1H3;1-2H,3-6H2;2*1H;/q;;;;;+2/p-2. The van der Waals surface area contributed by atoms with Gasteiger partial charge in [0.1, 0.15) is 0 Å². The molecule has 4 fully saturated rings. The summed E-state index contributed by atoms with van der Waals surface area (Å²) in [6.45, 7) is 4.60. The molecule has 4 atom stereocenters. The van der Waals surface area contributed by atoms with Gasteiger partial charge < -0.3 is 24.8 Å². The molecule has 4 unspecified atom stereocenters. The summed E-state index contributed by atoms with van der Waals surface area (Å²) in [7, 11) is 0. The maximum Gasteiger partial charge on any atom is -1.00 e. The summed E-state index contributed by atoms with van der Waals surface area (Å²) in [5.41, 5.74) is 19.5. The van der Waals surface area contributed by atoms with E-state index in [9.17, 15) is 0 Å². The Balaban J connectivity index is 0.00000214. The second-order valence-electron chi connectivity index (χ2n) is 18.1. The summed E-state index contributed by atoms with van der Waals surface area (Å²) in [5, 5.41) is 0. The molecule has 5 aliphatic carbocycles. The Kier molecular flexibility index (Phi) is 11.9. The van der Waals surface area contributed by atoms with Crippen molar-refractivity contribution in [2.75, 3.05) is 0 Å². The molecule has 0 bridgehead atoms. The van der Waals surface area contributed by atoms with Gasteiger partial charge in [-0.25, -0.2) is 0 Å². The minimum absolute atomic E-state index is 0. The first kappa shape index (κ1) is 39.6. The minimum atomic E-state index is -3.32. The normalized spacial score (nSPS) is 25.6. The summed E-state index contributed by atoms with van der Waals surface area (Å²) in [4.78, 5) is 0. The molecule has 0 radical (unpaired) electrons. The monoisotopic (exact) mass is 934 g/mol. The van der Waals surface area contributed by atoms with Crippen LogP contribution in [0.15, 0.2) is 96.1 Å². The number of benzene rings is 4. The summed E-state index contributed by atoms with van der Waals surface area (Å²) in [6.07, 6.45) is 27.8. The summed E-state index contributed by atoms with van der Waals surface area (Å²) >= 11 is -3.32. The molecule has 0 nitrogen and oxygen atoms in total. The van der Waals surface area contributed by atoms with E-state index in [2.05, 4.69) is 111 Å². The molecule has 1 heterocycles. The van der Waals surface area contributed by atoms with Crippen LogP contribution in [-0.2, 0) is 32.8 Å². The summed E-state index contributed by atoms with van der Waals surface area (Å²) < 4.78 is 3.61. The molecule has 286 valence electrons. The predicted octanol–water partition coefficient (Wildman–Crippen LogP) is 9.21. The van der Waals surface area contributed by atoms with Crippen LogP contribution in [0.2, 0.25) is 7.35 Å². The number of hydrogen-bond acceptors (Lipinski definition) is 0. The van der Waals surface area contributed by atoms with Crippen molar-refractivity contribution >= 4 is 12.2 Å². The van der Waals surface area contributed by atoms with Gasteiger partial charge in [0.25, 0.3) is 0 Å². The van der Waals surface area contributed by atoms with Gasteiger partial charge in [0.2, 0.25) is 0 Å². The Morgan fingerprint density at radius 2 is 0.855 bits per heavy atom. The van der Waals surface area contributed by atoms with Gasteiger partial charge >= 0.3 is 327 Å². The Hall–Kier alpha value is -2.19. The Morgan fingerprint density at radius 1 is 0.473 bits per heavy atom. The topological polar surface area (TPSA) is 0 Å². The van der Waals surface area contributed by atoms with Crippen molar-refractivity contribution in [1.29, 1.82) is 0 Å². The predicted molar refractivity (Wildman–Crippen MR) is 223 cm³/mol. The molecule has 6 aliphatic rings. The van der Waals surface area contributed by atoms with Crippen LogP contribution < -0.4 is 24.8 Å². The van der Waals surface area contributed by atoms with E-state index in [4.69, 9.17) is 0 Å². The second kappa shape index (κ2) is 16.6. The molecule has 0 spiro atoms. The van der Waals surface area contributed by atoms with Crippen molar-refractivity contribution in [3.05, 3.63) is 129 Å². The molecule has 4 aromatic rings. The van der Waals surface area contributed by atoms with Crippen LogP contribution in [0, 0.1) is 11.8 Å².